The average Bonchev–Trinajstić information content (AvgIpc) is 3.57. The van der Waals surface area contributed by atoms with Gasteiger partial charge in [0, 0.05) is 43.5 Å². The van der Waals surface area contributed by atoms with Gasteiger partial charge in [-0.1, -0.05) is 0 Å². The van der Waals surface area contributed by atoms with E-state index in [9.17, 15) is 28.8 Å². The molecule has 212 valence electrons. The van der Waals surface area contributed by atoms with E-state index in [1.54, 1.807) is 0 Å². The molecule has 9 N–H and O–H groups in total. The lowest BCUT2D eigenvalue weighted by Crippen LogP contribution is -2.57. The Labute approximate surface area is 224 Å². The molecular weight excluding hydrogens is 512 g/mol. The molecule has 0 fully saturated rings. The van der Waals surface area contributed by atoms with Crippen LogP contribution in [0.25, 0.3) is 0 Å². The topological polar surface area (TPSA) is 246 Å². The zero-order chi connectivity index (χ0) is 29.1. The molecule has 0 radical (unpaired) electrons. The van der Waals surface area contributed by atoms with Crippen LogP contribution in [0.2, 0.25) is 0 Å². The fourth-order valence-corrected chi connectivity index (χ4v) is 3.39. The lowest BCUT2D eigenvalue weighted by molar-refractivity contribution is -0.134. The Morgan fingerprint density at radius 2 is 1.10 bits per heavy atom. The van der Waals surface area contributed by atoms with Gasteiger partial charge in [0.1, 0.15) is 30.2 Å². The van der Waals surface area contributed by atoms with Crippen molar-refractivity contribution in [1.82, 2.24) is 46.5 Å². The number of aromatic amines is 2. The van der Waals surface area contributed by atoms with E-state index in [1.807, 2.05) is 0 Å². The first-order chi connectivity index (χ1) is 18.4. The highest BCUT2D eigenvalue weighted by molar-refractivity contribution is 5.95. The molecular formula is C23H34N10O6. The van der Waals surface area contributed by atoms with E-state index in [4.69, 9.17) is 5.73 Å². The summed E-state index contributed by atoms with van der Waals surface area (Å²) in [6, 6.07) is -5.17. The Morgan fingerprint density at radius 1 is 0.692 bits per heavy atom. The first kappa shape index (κ1) is 30.5. The van der Waals surface area contributed by atoms with Gasteiger partial charge in [-0.05, 0) is 20.8 Å². The summed E-state index contributed by atoms with van der Waals surface area (Å²) in [5, 5.41) is 12.4. The maximum atomic E-state index is 12.7. The van der Waals surface area contributed by atoms with Crippen molar-refractivity contribution in [1.29, 1.82) is 0 Å². The van der Waals surface area contributed by atoms with Gasteiger partial charge in [0.2, 0.25) is 35.4 Å². The Morgan fingerprint density at radius 3 is 1.49 bits per heavy atom. The van der Waals surface area contributed by atoms with E-state index < -0.39 is 65.7 Å². The van der Waals surface area contributed by atoms with Gasteiger partial charge in [-0.3, -0.25) is 28.8 Å². The van der Waals surface area contributed by atoms with Gasteiger partial charge < -0.3 is 42.3 Å². The number of aromatic nitrogens is 4. The summed E-state index contributed by atoms with van der Waals surface area (Å²) in [5.74, 6) is -3.81. The quantitative estimate of drug-likeness (QED) is 0.120. The zero-order valence-corrected chi connectivity index (χ0v) is 22.0. The summed E-state index contributed by atoms with van der Waals surface area (Å²) >= 11 is 0. The van der Waals surface area contributed by atoms with Crippen molar-refractivity contribution in [3.63, 3.8) is 0 Å². The Balaban J connectivity index is 1.86. The number of amides is 6. The van der Waals surface area contributed by atoms with Crippen LogP contribution in [0, 0.1) is 0 Å². The Bertz CT molecular complexity index is 1150. The summed E-state index contributed by atoms with van der Waals surface area (Å²) < 4.78 is 0. The number of nitrogens with two attached hydrogens (primary N) is 1. The molecule has 0 aromatic carbocycles. The minimum atomic E-state index is -1.07. The van der Waals surface area contributed by atoms with Crippen LogP contribution in [0.3, 0.4) is 0 Å². The van der Waals surface area contributed by atoms with Crippen molar-refractivity contribution in [2.75, 3.05) is 0 Å². The van der Waals surface area contributed by atoms with Crippen molar-refractivity contribution in [2.24, 2.45) is 5.73 Å². The molecule has 16 heteroatoms. The van der Waals surface area contributed by atoms with Crippen LogP contribution >= 0.6 is 0 Å². The fourth-order valence-electron chi connectivity index (χ4n) is 3.39. The summed E-state index contributed by atoms with van der Waals surface area (Å²) in [6.07, 6.45) is 6.05. The normalized spacial score (nSPS) is 14.6. The van der Waals surface area contributed by atoms with E-state index in [0.29, 0.717) is 11.4 Å². The third kappa shape index (κ3) is 9.90. The minimum absolute atomic E-state index is 0.0858. The van der Waals surface area contributed by atoms with Crippen molar-refractivity contribution in [3.05, 3.63) is 36.4 Å². The number of rotatable bonds is 14. The number of nitrogens with zero attached hydrogens (tertiary/aromatic N) is 2. The maximum Gasteiger partial charge on any atom is 0.243 e. The monoisotopic (exact) mass is 546 g/mol. The third-order valence-corrected chi connectivity index (χ3v) is 5.57. The molecule has 0 spiro atoms. The number of primary amides is 1. The van der Waals surface area contributed by atoms with Crippen LogP contribution in [-0.2, 0) is 41.6 Å². The highest BCUT2D eigenvalue weighted by atomic mass is 16.2. The smallest absolute Gasteiger partial charge is 0.243 e. The number of imidazole rings is 2. The van der Waals surface area contributed by atoms with Crippen molar-refractivity contribution < 1.29 is 28.8 Å². The fraction of sp³-hybridized carbons (Fsp3) is 0.478. The number of carbonyl (C=O) groups excluding carboxylic acids is 6. The second-order valence-corrected chi connectivity index (χ2v) is 8.97. The van der Waals surface area contributed by atoms with Gasteiger partial charge in [-0.2, -0.15) is 0 Å². The molecule has 0 saturated carbocycles. The highest BCUT2D eigenvalue weighted by Crippen LogP contribution is 2.01. The summed E-state index contributed by atoms with van der Waals surface area (Å²) in [7, 11) is 0. The van der Waals surface area contributed by atoms with Gasteiger partial charge >= 0.3 is 0 Å². The van der Waals surface area contributed by atoms with Crippen LogP contribution < -0.4 is 32.3 Å². The summed E-state index contributed by atoms with van der Waals surface area (Å²) in [4.78, 5) is 87.0. The van der Waals surface area contributed by atoms with Crippen molar-refractivity contribution >= 4 is 35.4 Å². The lowest BCUT2D eigenvalue weighted by atomic mass is 10.1. The molecule has 2 aromatic heterocycles. The molecule has 0 aliphatic heterocycles. The largest absolute Gasteiger partial charge is 0.368 e. The van der Waals surface area contributed by atoms with Crippen molar-refractivity contribution in [2.45, 2.75) is 70.7 Å². The number of carbonyl (C=O) groups is 6. The van der Waals surface area contributed by atoms with E-state index in [0.717, 1.165) is 0 Å². The summed E-state index contributed by atoms with van der Waals surface area (Å²) in [6.45, 7) is 5.48. The first-order valence-electron chi connectivity index (χ1n) is 12.1. The molecule has 2 heterocycles. The average molecular weight is 547 g/mol. The van der Waals surface area contributed by atoms with Crippen LogP contribution in [-0.4, -0.2) is 85.6 Å². The van der Waals surface area contributed by atoms with Gasteiger partial charge in [-0.15, -0.1) is 0 Å². The second kappa shape index (κ2) is 14.3. The lowest BCUT2D eigenvalue weighted by Gasteiger charge is -2.23. The van der Waals surface area contributed by atoms with Gasteiger partial charge in [0.05, 0.1) is 12.7 Å². The van der Waals surface area contributed by atoms with Crippen LogP contribution in [0.15, 0.2) is 25.0 Å². The molecule has 2 aromatic rings. The van der Waals surface area contributed by atoms with Gasteiger partial charge in [0.25, 0.3) is 0 Å². The maximum absolute atomic E-state index is 12.7. The third-order valence-electron chi connectivity index (χ3n) is 5.57. The zero-order valence-electron chi connectivity index (χ0n) is 22.0. The molecule has 0 aliphatic rings. The minimum Gasteiger partial charge on any atom is -0.368 e. The standard InChI is InChI=1S/C23H34N10O6/c1-11(20(36)30-13(3)22(38)33-17(19(24)35)5-15-7-25-9-27-15)29-21(37)12(2)31-23(39)18(32-14(4)34)6-16-8-26-10-28-16/h7-13,17-18H,5-6H2,1-4H3,(H2,24,35)(H,25,27)(H,26,28)(H,29,37)(H,30,36)(H,31,39)(H,32,34)(H,33,38)/t11-,12-,13-,17-,18-/m0/s1. The molecule has 0 unspecified atom stereocenters. The molecule has 16 nitrogen and oxygen atoms in total. The molecule has 2 rings (SSSR count). The van der Waals surface area contributed by atoms with E-state index in [2.05, 4.69) is 46.5 Å². The number of hydrogen-bond acceptors (Lipinski definition) is 8. The number of nitrogens with one attached hydrogen (secondary N) is 7. The molecule has 0 saturated heterocycles. The van der Waals surface area contributed by atoms with E-state index in [1.165, 1.54) is 52.7 Å². The van der Waals surface area contributed by atoms with Crippen LogP contribution in [0.1, 0.15) is 39.1 Å². The molecule has 0 bridgehead atoms. The second-order valence-electron chi connectivity index (χ2n) is 8.97. The Kier molecular flexibility index (Phi) is 11.1. The number of H-pyrrole nitrogens is 2. The van der Waals surface area contributed by atoms with Gasteiger partial charge in [-0.25, -0.2) is 9.97 Å². The predicted octanol–water partition coefficient (Wildman–Crippen LogP) is -3.09. The molecule has 39 heavy (non-hydrogen) atoms. The van der Waals surface area contributed by atoms with Crippen LogP contribution in [0.4, 0.5) is 0 Å². The van der Waals surface area contributed by atoms with Crippen LogP contribution in [0.5, 0.6) is 0 Å². The van der Waals surface area contributed by atoms with E-state index in [-0.39, 0.29) is 12.8 Å². The first-order valence-corrected chi connectivity index (χ1v) is 12.1. The van der Waals surface area contributed by atoms with Gasteiger partial charge in [0.15, 0.2) is 0 Å². The summed E-state index contributed by atoms with van der Waals surface area (Å²) in [5.41, 5.74) is 6.55. The molecule has 6 amide bonds. The molecule has 5 atom stereocenters. The Hall–Kier alpha value is -4.76. The predicted molar refractivity (Wildman–Crippen MR) is 136 cm³/mol. The number of hydrogen-bond donors (Lipinski definition) is 8. The van der Waals surface area contributed by atoms with E-state index >= 15 is 0 Å². The SMILES string of the molecule is CC(=O)N[C@@H](Cc1cnc[nH]1)C(=O)N[C@@H](C)C(=O)N[C@@H](C)C(=O)N[C@@H](C)C(=O)N[C@@H](Cc1cnc[nH]1)C(N)=O. The highest BCUT2D eigenvalue weighted by Gasteiger charge is 2.28. The van der Waals surface area contributed by atoms with Crippen molar-refractivity contribution in [3.8, 4) is 0 Å². The molecule has 0 aliphatic carbocycles.